The molecule has 0 saturated carbocycles. The number of halogens is 2. The van der Waals surface area contributed by atoms with Crippen molar-refractivity contribution in [2.75, 3.05) is 27.9 Å². The molecule has 0 radical (unpaired) electrons. The summed E-state index contributed by atoms with van der Waals surface area (Å²) in [4.78, 5) is 24.2. The SMILES string of the molecule is COc1cc(C(=O)NCC(=O)OCc2c(F)cccc2Cl)cc(OC)c1OC. The van der Waals surface area contributed by atoms with Crippen LogP contribution in [0.4, 0.5) is 4.39 Å². The molecule has 0 heterocycles. The largest absolute Gasteiger partial charge is 0.493 e. The Bertz CT molecular complexity index is 828. The molecule has 9 heteroatoms. The summed E-state index contributed by atoms with van der Waals surface area (Å²) in [7, 11) is 4.28. The number of ether oxygens (including phenoxy) is 4. The Labute approximate surface area is 166 Å². The van der Waals surface area contributed by atoms with Crippen molar-refractivity contribution >= 4 is 23.5 Å². The van der Waals surface area contributed by atoms with Crippen LogP contribution in [0.5, 0.6) is 17.2 Å². The van der Waals surface area contributed by atoms with Crippen LogP contribution >= 0.6 is 11.6 Å². The topological polar surface area (TPSA) is 83.1 Å². The van der Waals surface area contributed by atoms with E-state index in [0.29, 0.717) is 17.2 Å². The predicted molar refractivity (Wildman–Crippen MR) is 99.6 cm³/mol. The molecule has 150 valence electrons. The highest BCUT2D eigenvalue weighted by atomic mass is 35.5. The van der Waals surface area contributed by atoms with Crippen molar-refractivity contribution in [3.8, 4) is 17.2 Å². The second kappa shape index (κ2) is 9.80. The third-order valence-corrected chi connectivity index (χ3v) is 4.11. The van der Waals surface area contributed by atoms with Gasteiger partial charge in [-0.15, -0.1) is 0 Å². The molecule has 1 amide bonds. The fraction of sp³-hybridized carbons (Fsp3) is 0.263. The van der Waals surface area contributed by atoms with Crippen molar-refractivity contribution in [1.29, 1.82) is 0 Å². The molecule has 2 aromatic rings. The van der Waals surface area contributed by atoms with Gasteiger partial charge in [-0.05, 0) is 24.3 Å². The minimum atomic E-state index is -0.750. The lowest BCUT2D eigenvalue weighted by Gasteiger charge is -2.14. The van der Waals surface area contributed by atoms with Gasteiger partial charge in [0.15, 0.2) is 11.5 Å². The Morgan fingerprint density at radius 3 is 2.25 bits per heavy atom. The van der Waals surface area contributed by atoms with Crippen molar-refractivity contribution in [2.24, 2.45) is 0 Å². The monoisotopic (exact) mass is 411 g/mol. The third kappa shape index (κ3) is 5.04. The maximum atomic E-state index is 13.7. The average molecular weight is 412 g/mol. The van der Waals surface area contributed by atoms with Gasteiger partial charge in [-0.2, -0.15) is 0 Å². The summed E-state index contributed by atoms with van der Waals surface area (Å²) < 4.78 is 34.2. The van der Waals surface area contributed by atoms with Crippen LogP contribution in [0, 0.1) is 5.82 Å². The highest BCUT2D eigenvalue weighted by Gasteiger charge is 2.18. The van der Waals surface area contributed by atoms with Crippen molar-refractivity contribution in [1.82, 2.24) is 5.32 Å². The van der Waals surface area contributed by atoms with E-state index in [9.17, 15) is 14.0 Å². The van der Waals surface area contributed by atoms with Gasteiger partial charge in [-0.3, -0.25) is 9.59 Å². The Kier molecular flexibility index (Phi) is 7.45. The standard InChI is InChI=1S/C19H19ClFNO6/c1-25-15-7-11(8-16(26-2)18(15)27-3)19(24)22-9-17(23)28-10-12-13(20)5-4-6-14(12)21/h4-8H,9-10H2,1-3H3,(H,22,24). The van der Waals surface area contributed by atoms with E-state index >= 15 is 0 Å². The fourth-order valence-corrected chi connectivity index (χ4v) is 2.56. The van der Waals surface area contributed by atoms with E-state index in [1.54, 1.807) is 0 Å². The summed E-state index contributed by atoms with van der Waals surface area (Å²) in [5, 5.41) is 2.56. The summed E-state index contributed by atoms with van der Waals surface area (Å²) in [5.74, 6) is -0.961. The quantitative estimate of drug-likeness (QED) is 0.672. The molecule has 0 fully saturated rings. The number of carbonyl (C=O) groups is 2. The molecule has 0 aliphatic rings. The molecular weight excluding hydrogens is 393 g/mol. The number of hydrogen-bond donors (Lipinski definition) is 1. The van der Waals surface area contributed by atoms with E-state index in [-0.39, 0.29) is 22.8 Å². The lowest BCUT2D eigenvalue weighted by atomic mass is 10.1. The molecule has 0 aliphatic carbocycles. The number of amides is 1. The van der Waals surface area contributed by atoms with E-state index in [0.717, 1.165) is 0 Å². The molecule has 0 aliphatic heterocycles. The van der Waals surface area contributed by atoms with Crippen LogP contribution in [0.25, 0.3) is 0 Å². The zero-order valence-corrected chi connectivity index (χ0v) is 16.3. The molecule has 2 rings (SSSR count). The minimum Gasteiger partial charge on any atom is -0.493 e. The van der Waals surface area contributed by atoms with Gasteiger partial charge >= 0.3 is 5.97 Å². The number of benzene rings is 2. The number of esters is 1. The normalized spacial score (nSPS) is 10.2. The molecule has 28 heavy (non-hydrogen) atoms. The minimum absolute atomic E-state index is 0.0634. The molecule has 0 unspecified atom stereocenters. The van der Waals surface area contributed by atoms with Crippen LogP contribution in [0.1, 0.15) is 15.9 Å². The first kappa shape index (κ1) is 21.3. The number of nitrogens with one attached hydrogen (secondary N) is 1. The van der Waals surface area contributed by atoms with Gasteiger partial charge in [0.1, 0.15) is 19.0 Å². The molecule has 0 saturated heterocycles. The molecule has 7 nitrogen and oxygen atoms in total. The Balaban J connectivity index is 1.99. The van der Waals surface area contributed by atoms with E-state index < -0.39 is 24.2 Å². The Hall–Kier alpha value is -3.00. The molecule has 0 bridgehead atoms. The average Bonchev–Trinajstić information content (AvgIpc) is 2.70. The molecule has 0 spiro atoms. The van der Waals surface area contributed by atoms with Crippen LogP contribution in [-0.4, -0.2) is 39.8 Å². The summed E-state index contributed by atoms with van der Waals surface area (Å²) in [6.07, 6.45) is 0. The zero-order valence-electron chi connectivity index (χ0n) is 15.5. The van der Waals surface area contributed by atoms with Gasteiger partial charge in [-0.25, -0.2) is 4.39 Å². The van der Waals surface area contributed by atoms with Crippen LogP contribution in [0.15, 0.2) is 30.3 Å². The number of rotatable bonds is 8. The second-order valence-corrected chi connectivity index (χ2v) is 5.86. The van der Waals surface area contributed by atoms with Crippen molar-refractivity contribution in [2.45, 2.75) is 6.61 Å². The second-order valence-electron chi connectivity index (χ2n) is 5.46. The first-order chi connectivity index (χ1) is 13.4. The maximum absolute atomic E-state index is 13.7. The number of methoxy groups -OCH3 is 3. The Morgan fingerprint density at radius 1 is 1.07 bits per heavy atom. The van der Waals surface area contributed by atoms with Crippen molar-refractivity contribution < 1.29 is 32.9 Å². The van der Waals surface area contributed by atoms with Crippen molar-refractivity contribution in [3.05, 3.63) is 52.3 Å². The van der Waals surface area contributed by atoms with Crippen LogP contribution in [0.3, 0.4) is 0 Å². The first-order valence-electron chi connectivity index (χ1n) is 8.08. The highest BCUT2D eigenvalue weighted by Crippen LogP contribution is 2.38. The lowest BCUT2D eigenvalue weighted by Crippen LogP contribution is -2.30. The van der Waals surface area contributed by atoms with E-state index in [1.807, 2.05) is 0 Å². The molecule has 0 aromatic heterocycles. The molecule has 1 N–H and O–H groups in total. The summed E-state index contributed by atoms with van der Waals surface area (Å²) in [6, 6.07) is 7.03. The van der Waals surface area contributed by atoms with Crippen molar-refractivity contribution in [3.63, 3.8) is 0 Å². The summed E-state index contributed by atoms with van der Waals surface area (Å²) >= 11 is 5.87. The van der Waals surface area contributed by atoms with E-state index in [4.69, 9.17) is 30.5 Å². The van der Waals surface area contributed by atoms with Gasteiger partial charge in [0, 0.05) is 11.1 Å². The Morgan fingerprint density at radius 2 is 1.71 bits per heavy atom. The summed E-state index contributed by atoms with van der Waals surface area (Å²) in [6.45, 7) is -0.758. The summed E-state index contributed by atoms with van der Waals surface area (Å²) in [5.41, 5.74) is 0.257. The number of carbonyl (C=O) groups excluding carboxylic acids is 2. The smallest absolute Gasteiger partial charge is 0.325 e. The highest BCUT2D eigenvalue weighted by molar-refractivity contribution is 6.31. The van der Waals surface area contributed by atoms with Crippen LogP contribution in [-0.2, 0) is 16.1 Å². The maximum Gasteiger partial charge on any atom is 0.325 e. The molecule has 0 atom stereocenters. The van der Waals surface area contributed by atoms with Crippen LogP contribution in [0.2, 0.25) is 5.02 Å². The number of hydrogen-bond acceptors (Lipinski definition) is 6. The molecule has 2 aromatic carbocycles. The van der Waals surface area contributed by atoms with Gasteiger partial charge in [-0.1, -0.05) is 17.7 Å². The van der Waals surface area contributed by atoms with Gasteiger partial charge in [0.2, 0.25) is 5.75 Å². The van der Waals surface area contributed by atoms with E-state index in [1.165, 1.54) is 51.7 Å². The lowest BCUT2D eigenvalue weighted by molar-refractivity contribution is -0.143. The predicted octanol–water partition coefficient (Wildman–Crippen LogP) is 2.98. The van der Waals surface area contributed by atoms with Crippen LogP contribution < -0.4 is 19.5 Å². The van der Waals surface area contributed by atoms with Gasteiger partial charge in [0.05, 0.1) is 26.4 Å². The third-order valence-electron chi connectivity index (χ3n) is 3.76. The zero-order chi connectivity index (χ0) is 20.7. The first-order valence-corrected chi connectivity index (χ1v) is 8.45. The van der Waals surface area contributed by atoms with E-state index in [2.05, 4.69) is 5.32 Å². The van der Waals surface area contributed by atoms with Gasteiger partial charge < -0.3 is 24.3 Å². The van der Waals surface area contributed by atoms with Gasteiger partial charge in [0.25, 0.3) is 5.91 Å². The molecular formula is C19H19ClFNO6. The fourth-order valence-electron chi connectivity index (χ4n) is 2.34.